The normalized spacial score (nSPS) is 17.5. The molecule has 0 bridgehead atoms. The number of amides is 2. The van der Waals surface area contributed by atoms with E-state index in [1.807, 2.05) is 0 Å². The van der Waals surface area contributed by atoms with Gasteiger partial charge in [0, 0.05) is 26.7 Å². The zero-order chi connectivity index (χ0) is 12.0. The number of carbonyl (C=O) groups is 2. The van der Waals surface area contributed by atoms with Crippen LogP contribution >= 0.6 is 0 Å². The molecule has 0 aromatic rings. The van der Waals surface area contributed by atoms with Gasteiger partial charge in [0.25, 0.3) is 0 Å². The highest BCUT2D eigenvalue weighted by Gasteiger charge is 2.22. The number of nitrogens with zero attached hydrogens (tertiary/aromatic N) is 2. The van der Waals surface area contributed by atoms with Crippen LogP contribution in [0.3, 0.4) is 0 Å². The molecule has 6 heteroatoms. The Labute approximate surface area is 95.3 Å². The Morgan fingerprint density at radius 1 is 1.50 bits per heavy atom. The molecular formula is C10H19N3O3. The molecule has 1 saturated heterocycles. The average molecular weight is 229 g/mol. The Morgan fingerprint density at radius 3 is 2.94 bits per heavy atom. The van der Waals surface area contributed by atoms with E-state index in [0.717, 1.165) is 6.42 Å². The van der Waals surface area contributed by atoms with Crippen molar-refractivity contribution in [3.63, 3.8) is 0 Å². The lowest BCUT2D eigenvalue weighted by Gasteiger charge is -2.19. The summed E-state index contributed by atoms with van der Waals surface area (Å²) in [4.78, 5) is 26.4. The molecule has 0 aromatic carbocycles. The molecule has 1 heterocycles. The van der Waals surface area contributed by atoms with Crippen LogP contribution in [0.4, 0.5) is 0 Å². The van der Waals surface area contributed by atoms with E-state index >= 15 is 0 Å². The standard InChI is InChI=1S/C10H19N3O3/c1-12-4-2-5-13(7-9(12)14)10(15)8-16-6-3-11/h2-8,11H2,1H3. The van der Waals surface area contributed by atoms with E-state index in [4.69, 9.17) is 10.5 Å². The summed E-state index contributed by atoms with van der Waals surface area (Å²) in [6.45, 7) is 2.24. The van der Waals surface area contributed by atoms with E-state index in [9.17, 15) is 9.59 Å². The minimum Gasteiger partial charge on any atom is -0.370 e. The second kappa shape index (κ2) is 6.44. The van der Waals surface area contributed by atoms with Crippen LogP contribution < -0.4 is 5.73 Å². The third-order valence-corrected chi connectivity index (χ3v) is 2.51. The highest BCUT2D eigenvalue weighted by atomic mass is 16.5. The van der Waals surface area contributed by atoms with Gasteiger partial charge in [-0.05, 0) is 6.42 Å². The van der Waals surface area contributed by atoms with E-state index in [0.29, 0.717) is 26.2 Å². The molecule has 0 aromatic heterocycles. The van der Waals surface area contributed by atoms with Gasteiger partial charge in [-0.25, -0.2) is 0 Å². The number of rotatable bonds is 4. The molecule has 1 fully saturated rings. The molecule has 2 N–H and O–H groups in total. The molecule has 1 rings (SSSR count). The number of carbonyl (C=O) groups excluding carboxylic acids is 2. The van der Waals surface area contributed by atoms with Gasteiger partial charge >= 0.3 is 0 Å². The molecule has 0 atom stereocenters. The Balaban J connectivity index is 2.40. The van der Waals surface area contributed by atoms with Gasteiger partial charge in [-0.2, -0.15) is 0 Å². The predicted molar refractivity (Wildman–Crippen MR) is 58.7 cm³/mol. The lowest BCUT2D eigenvalue weighted by molar-refractivity contribution is -0.141. The smallest absolute Gasteiger partial charge is 0.249 e. The van der Waals surface area contributed by atoms with E-state index in [2.05, 4.69) is 0 Å². The lowest BCUT2D eigenvalue weighted by Crippen LogP contribution is -2.40. The molecule has 0 aliphatic carbocycles. The Morgan fingerprint density at radius 2 is 2.25 bits per heavy atom. The summed E-state index contributed by atoms with van der Waals surface area (Å²) in [6.07, 6.45) is 0.810. The summed E-state index contributed by atoms with van der Waals surface area (Å²) in [5.74, 6) is -0.165. The molecule has 1 aliphatic heterocycles. The van der Waals surface area contributed by atoms with E-state index in [-0.39, 0.29) is 25.0 Å². The van der Waals surface area contributed by atoms with Crippen molar-refractivity contribution in [2.75, 3.05) is 46.4 Å². The minimum atomic E-state index is -0.142. The number of ether oxygens (including phenoxy) is 1. The second-order valence-electron chi connectivity index (χ2n) is 3.83. The third kappa shape index (κ3) is 3.79. The molecule has 0 unspecified atom stereocenters. The summed E-state index contributed by atoms with van der Waals surface area (Å²) in [7, 11) is 1.75. The summed E-state index contributed by atoms with van der Waals surface area (Å²) in [6, 6.07) is 0. The first kappa shape index (κ1) is 12.9. The van der Waals surface area contributed by atoms with Crippen LogP contribution in [0, 0.1) is 0 Å². The van der Waals surface area contributed by atoms with Gasteiger partial charge in [0.05, 0.1) is 13.2 Å². The largest absolute Gasteiger partial charge is 0.370 e. The van der Waals surface area contributed by atoms with Crippen LogP contribution in [-0.2, 0) is 14.3 Å². The van der Waals surface area contributed by atoms with Crippen molar-refractivity contribution in [2.45, 2.75) is 6.42 Å². The fourth-order valence-electron chi connectivity index (χ4n) is 1.53. The molecule has 0 spiro atoms. The van der Waals surface area contributed by atoms with Crippen molar-refractivity contribution in [1.82, 2.24) is 9.80 Å². The van der Waals surface area contributed by atoms with Gasteiger partial charge in [0.2, 0.25) is 11.8 Å². The fourth-order valence-corrected chi connectivity index (χ4v) is 1.53. The van der Waals surface area contributed by atoms with Crippen LogP contribution in [0.1, 0.15) is 6.42 Å². The number of nitrogens with two attached hydrogens (primary N) is 1. The molecule has 92 valence electrons. The molecular weight excluding hydrogens is 210 g/mol. The van der Waals surface area contributed by atoms with Gasteiger partial charge < -0.3 is 20.3 Å². The van der Waals surface area contributed by atoms with Crippen LogP contribution in [-0.4, -0.2) is 68.1 Å². The first-order valence-corrected chi connectivity index (χ1v) is 5.44. The highest BCUT2D eigenvalue weighted by Crippen LogP contribution is 2.02. The van der Waals surface area contributed by atoms with Crippen molar-refractivity contribution < 1.29 is 14.3 Å². The summed E-state index contributed by atoms with van der Waals surface area (Å²) < 4.78 is 5.06. The van der Waals surface area contributed by atoms with Crippen molar-refractivity contribution in [3.8, 4) is 0 Å². The Hall–Kier alpha value is -1.14. The van der Waals surface area contributed by atoms with Gasteiger partial charge in [0.1, 0.15) is 6.61 Å². The van der Waals surface area contributed by atoms with Gasteiger partial charge in [-0.1, -0.05) is 0 Å². The van der Waals surface area contributed by atoms with Crippen LogP contribution in [0.15, 0.2) is 0 Å². The van der Waals surface area contributed by atoms with Crippen LogP contribution in [0.5, 0.6) is 0 Å². The van der Waals surface area contributed by atoms with E-state index < -0.39 is 0 Å². The predicted octanol–water partition coefficient (Wildman–Crippen LogP) is -1.35. The van der Waals surface area contributed by atoms with Crippen LogP contribution in [0.25, 0.3) is 0 Å². The zero-order valence-corrected chi connectivity index (χ0v) is 9.65. The number of hydrogen-bond donors (Lipinski definition) is 1. The number of hydrogen-bond acceptors (Lipinski definition) is 4. The first-order valence-electron chi connectivity index (χ1n) is 5.44. The first-order chi connectivity index (χ1) is 7.65. The van der Waals surface area contributed by atoms with Crippen molar-refractivity contribution in [2.24, 2.45) is 5.73 Å². The Kier molecular flexibility index (Phi) is 5.21. The zero-order valence-electron chi connectivity index (χ0n) is 9.65. The van der Waals surface area contributed by atoms with Crippen molar-refractivity contribution >= 4 is 11.8 Å². The third-order valence-electron chi connectivity index (χ3n) is 2.51. The maximum Gasteiger partial charge on any atom is 0.249 e. The van der Waals surface area contributed by atoms with E-state index in [1.165, 1.54) is 0 Å². The Bertz CT molecular complexity index is 258. The molecule has 2 amide bonds. The summed E-state index contributed by atoms with van der Waals surface area (Å²) in [5.41, 5.74) is 5.25. The van der Waals surface area contributed by atoms with Gasteiger partial charge in [0.15, 0.2) is 0 Å². The SMILES string of the molecule is CN1CCCN(C(=O)COCCN)CC1=O. The van der Waals surface area contributed by atoms with Gasteiger partial charge in [-0.15, -0.1) is 0 Å². The molecule has 0 radical (unpaired) electrons. The highest BCUT2D eigenvalue weighted by molar-refractivity contribution is 5.85. The lowest BCUT2D eigenvalue weighted by atomic mass is 10.4. The number of likely N-dealkylation sites (N-methyl/N-ethyl adjacent to an activating group) is 1. The maximum atomic E-state index is 11.7. The van der Waals surface area contributed by atoms with E-state index in [1.54, 1.807) is 16.8 Å². The monoisotopic (exact) mass is 229 g/mol. The average Bonchev–Trinajstić information content (AvgIpc) is 2.42. The molecule has 6 nitrogen and oxygen atoms in total. The summed E-state index contributed by atoms with van der Waals surface area (Å²) in [5, 5.41) is 0. The van der Waals surface area contributed by atoms with Gasteiger partial charge in [-0.3, -0.25) is 9.59 Å². The van der Waals surface area contributed by atoms with Crippen LogP contribution in [0.2, 0.25) is 0 Å². The topological polar surface area (TPSA) is 75.9 Å². The second-order valence-corrected chi connectivity index (χ2v) is 3.83. The molecule has 16 heavy (non-hydrogen) atoms. The van der Waals surface area contributed by atoms with Crippen molar-refractivity contribution in [3.05, 3.63) is 0 Å². The molecule has 0 saturated carbocycles. The quantitative estimate of drug-likeness (QED) is 0.605. The minimum absolute atomic E-state index is 0.00813. The summed E-state index contributed by atoms with van der Waals surface area (Å²) >= 11 is 0. The molecule has 1 aliphatic rings. The fraction of sp³-hybridized carbons (Fsp3) is 0.800. The van der Waals surface area contributed by atoms with Crippen molar-refractivity contribution in [1.29, 1.82) is 0 Å². The maximum absolute atomic E-state index is 11.7.